The Morgan fingerprint density at radius 1 is 0.639 bits per heavy atom. The minimum Gasteiger partial charge on any atom is -0.484 e. The third-order valence-electron chi connectivity index (χ3n) is 6.61. The van der Waals surface area contributed by atoms with Crippen LogP contribution in [0.1, 0.15) is 22.3 Å². The molecule has 36 heavy (non-hydrogen) atoms. The molecular formula is C31H24O5. The quantitative estimate of drug-likeness (QED) is 0.326. The summed E-state index contributed by atoms with van der Waals surface area (Å²) in [6.07, 6.45) is -1.91. The van der Waals surface area contributed by atoms with E-state index in [1.807, 2.05) is 36.4 Å². The predicted octanol–water partition coefficient (Wildman–Crippen LogP) is 5.63. The molecule has 4 aromatic rings. The van der Waals surface area contributed by atoms with Crippen molar-refractivity contribution in [2.24, 2.45) is 0 Å². The van der Waals surface area contributed by atoms with Gasteiger partial charge >= 0.3 is 0 Å². The van der Waals surface area contributed by atoms with Crippen molar-refractivity contribution in [2.75, 3.05) is 0 Å². The van der Waals surface area contributed by atoms with Crippen LogP contribution in [0.5, 0.6) is 23.0 Å². The maximum absolute atomic E-state index is 9.53. The van der Waals surface area contributed by atoms with Crippen molar-refractivity contribution >= 4 is 0 Å². The fraction of sp³-hybridized carbons (Fsp3) is 0.0968. The highest BCUT2D eigenvalue weighted by Gasteiger charge is 2.51. The van der Waals surface area contributed by atoms with Crippen LogP contribution in [0.25, 0.3) is 11.1 Å². The van der Waals surface area contributed by atoms with Crippen molar-refractivity contribution in [3.8, 4) is 34.1 Å². The number of benzene rings is 4. The summed E-state index contributed by atoms with van der Waals surface area (Å²) < 4.78 is 17.7. The van der Waals surface area contributed by atoms with E-state index in [-0.39, 0.29) is 0 Å². The summed E-state index contributed by atoms with van der Waals surface area (Å²) in [7, 11) is 0. The fourth-order valence-corrected chi connectivity index (χ4v) is 5.33. The van der Waals surface area contributed by atoms with Crippen molar-refractivity contribution in [1.29, 1.82) is 0 Å². The molecule has 0 saturated carbocycles. The first-order valence-electron chi connectivity index (χ1n) is 11.7. The Kier molecular flexibility index (Phi) is 5.47. The third-order valence-corrected chi connectivity index (χ3v) is 6.61. The highest BCUT2D eigenvalue weighted by atomic mass is 16.5. The van der Waals surface area contributed by atoms with Crippen LogP contribution in [0.2, 0.25) is 0 Å². The van der Waals surface area contributed by atoms with Gasteiger partial charge in [0.25, 0.3) is 0 Å². The maximum atomic E-state index is 9.53. The van der Waals surface area contributed by atoms with E-state index < -0.39 is 17.6 Å². The van der Waals surface area contributed by atoms with Gasteiger partial charge in [-0.1, -0.05) is 60.7 Å². The van der Waals surface area contributed by atoms with E-state index in [1.54, 1.807) is 0 Å². The molecule has 5 nitrogen and oxygen atoms in total. The van der Waals surface area contributed by atoms with E-state index in [9.17, 15) is 10.2 Å². The molecule has 0 saturated heterocycles. The van der Waals surface area contributed by atoms with Gasteiger partial charge in [0.15, 0.2) is 13.2 Å². The van der Waals surface area contributed by atoms with Gasteiger partial charge in [-0.05, 0) is 48.2 Å². The van der Waals surface area contributed by atoms with E-state index in [0.29, 0.717) is 23.0 Å². The zero-order valence-electron chi connectivity index (χ0n) is 19.4. The molecule has 6 rings (SSSR count). The molecule has 1 aliphatic carbocycles. The van der Waals surface area contributed by atoms with Gasteiger partial charge in [0.1, 0.15) is 23.0 Å². The maximum Gasteiger partial charge on any atom is 0.164 e. The lowest BCUT2D eigenvalue weighted by Gasteiger charge is -2.39. The molecule has 0 bridgehead atoms. The summed E-state index contributed by atoms with van der Waals surface area (Å²) >= 11 is 0. The first-order chi connectivity index (χ1) is 17.5. The number of rotatable bonds is 6. The Hall–Kier alpha value is -3.80. The van der Waals surface area contributed by atoms with E-state index in [2.05, 4.69) is 62.4 Å². The molecule has 0 fully saturated rings. The van der Waals surface area contributed by atoms with E-state index >= 15 is 0 Å². The summed E-state index contributed by atoms with van der Waals surface area (Å²) in [4.78, 5) is 0. The second-order valence-electron chi connectivity index (χ2n) is 8.90. The van der Waals surface area contributed by atoms with Gasteiger partial charge in [-0.3, -0.25) is 0 Å². The number of ether oxygens (including phenoxy) is 3. The largest absolute Gasteiger partial charge is 0.484 e. The second kappa shape index (κ2) is 8.70. The van der Waals surface area contributed by atoms with Gasteiger partial charge in [0, 0.05) is 23.3 Å². The average Bonchev–Trinajstić information content (AvgIpc) is 3.17. The van der Waals surface area contributed by atoms with Crippen molar-refractivity contribution < 1.29 is 24.4 Å². The number of hydrogen-bond acceptors (Lipinski definition) is 5. The summed E-state index contributed by atoms with van der Waals surface area (Å²) in [6.45, 7) is 9.57. The van der Waals surface area contributed by atoms with Crippen LogP contribution >= 0.6 is 0 Å². The van der Waals surface area contributed by atoms with Crippen molar-refractivity contribution in [2.45, 2.75) is 17.6 Å². The fourth-order valence-electron chi connectivity index (χ4n) is 5.33. The normalized spacial score (nSPS) is 15.7. The number of aliphatic hydroxyl groups excluding tert-OH is 2. The smallest absolute Gasteiger partial charge is 0.164 e. The molecule has 1 spiro atoms. The zero-order valence-corrected chi connectivity index (χ0v) is 19.4. The van der Waals surface area contributed by atoms with Crippen LogP contribution in [0.15, 0.2) is 84.9 Å². The summed E-state index contributed by atoms with van der Waals surface area (Å²) in [5, 5.41) is 19.1. The predicted molar refractivity (Wildman–Crippen MR) is 136 cm³/mol. The molecule has 4 aromatic carbocycles. The monoisotopic (exact) mass is 476 g/mol. The topological polar surface area (TPSA) is 68.2 Å². The van der Waals surface area contributed by atoms with Crippen molar-refractivity contribution in [1.82, 2.24) is 0 Å². The van der Waals surface area contributed by atoms with Crippen LogP contribution in [-0.4, -0.2) is 22.4 Å². The SMILES string of the molecule is [CH2]C(O)[CH]Oc1ccc2c(c1)Oc1cc(O[CH]C([CH2])O)ccc1C21c2ccccc2-c2ccccc21. The standard InChI is InChI=1S/C31H24O5/c1-19(32)17-34-21-11-13-27-29(15-21)36-30-16-22(35-18-20(2)33)12-14-28(30)31(27)25-9-5-3-7-23(25)24-8-4-6-10-26(24)31/h3-20,32-33H,1-2H2. The van der Waals surface area contributed by atoms with Gasteiger partial charge in [0.2, 0.25) is 0 Å². The van der Waals surface area contributed by atoms with E-state index in [1.165, 1.54) is 35.5 Å². The minimum absolute atomic E-state index is 0.524. The number of hydrogen-bond donors (Lipinski definition) is 2. The molecule has 1 heterocycles. The molecule has 0 amide bonds. The van der Waals surface area contributed by atoms with Crippen LogP contribution < -0.4 is 14.2 Å². The van der Waals surface area contributed by atoms with Gasteiger partial charge in [0.05, 0.1) is 17.6 Å². The molecule has 0 aromatic heterocycles. The lowest BCUT2D eigenvalue weighted by molar-refractivity contribution is 0.191. The van der Waals surface area contributed by atoms with E-state index in [4.69, 9.17) is 14.2 Å². The molecule has 2 unspecified atom stereocenters. The Labute approximate surface area is 210 Å². The number of aliphatic hydroxyl groups is 2. The van der Waals surface area contributed by atoms with Gasteiger partial charge in [-0.25, -0.2) is 0 Å². The first-order valence-corrected chi connectivity index (χ1v) is 11.7. The van der Waals surface area contributed by atoms with Gasteiger partial charge in [-0.2, -0.15) is 0 Å². The first kappa shape index (κ1) is 22.7. The molecule has 2 aliphatic rings. The average molecular weight is 477 g/mol. The Morgan fingerprint density at radius 2 is 1.08 bits per heavy atom. The highest BCUT2D eigenvalue weighted by Crippen LogP contribution is 2.62. The Balaban J connectivity index is 1.60. The molecule has 1 aliphatic heterocycles. The summed E-state index contributed by atoms with van der Waals surface area (Å²) in [5.74, 6) is 2.32. The van der Waals surface area contributed by atoms with Gasteiger partial charge in [-0.15, -0.1) is 0 Å². The van der Waals surface area contributed by atoms with E-state index in [0.717, 1.165) is 11.1 Å². The Bertz CT molecular complexity index is 1330. The number of fused-ring (bicyclic) bond motifs is 9. The second-order valence-corrected chi connectivity index (χ2v) is 8.90. The molecule has 5 heteroatoms. The van der Waals surface area contributed by atoms with Crippen LogP contribution in [-0.2, 0) is 5.41 Å². The van der Waals surface area contributed by atoms with Crippen LogP contribution in [0, 0.1) is 27.1 Å². The highest BCUT2D eigenvalue weighted by molar-refractivity contribution is 5.88. The Morgan fingerprint density at radius 3 is 1.53 bits per heavy atom. The molecular weight excluding hydrogens is 452 g/mol. The zero-order chi connectivity index (χ0) is 24.9. The summed E-state index contributed by atoms with van der Waals surface area (Å²) in [6, 6.07) is 28.3. The molecule has 4 radical (unpaired) electrons. The van der Waals surface area contributed by atoms with Crippen LogP contribution in [0.3, 0.4) is 0 Å². The van der Waals surface area contributed by atoms with Crippen molar-refractivity contribution in [3.63, 3.8) is 0 Å². The lowest BCUT2D eigenvalue weighted by atomic mass is 9.66. The molecule has 178 valence electrons. The molecule has 2 N–H and O–H groups in total. The van der Waals surface area contributed by atoms with Crippen molar-refractivity contribution in [3.05, 3.63) is 134 Å². The van der Waals surface area contributed by atoms with Gasteiger partial charge < -0.3 is 24.4 Å². The lowest BCUT2D eigenvalue weighted by Crippen LogP contribution is -2.32. The van der Waals surface area contributed by atoms with Crippen LogP contribution in [0.4, 0.5) is 0 Å². The minimum atomic E-state index is -0.957. The summed E-state index contributed by atoms with van der Waals surface area (Å²) in [5.41, 5.74) is 6.05. The molecule has 2 atom stereocenters. The third kappa shape index (κ3) is 3.47.